The number of carbonyl (C=O) groups excluding carboxylic acids is 2. The maximum Gasteiger partial charge on any atom is 0.259 e. The fourth-order valence-electron chi connectivity index (χ4n) is 2.44. The first-order chi connectivity index (χ1) is 12.4. The largest absolute Gasteiger partial charge is 0.495 e. The minimum absolute atomic E-state index is 0.264. The molecule has 26 heavy (non-hydrogen) atoms. The van der Waals surface area contributed by atoms with Crippen molar-refractivity contribution in [3.05, 3.63) is 46.1 Å². The summed E-state index contributed by atoms with van der Waals surface area (Å²) in [7, 11) is 1.47. The van der Waals surface area contributed by atoms with Gasteiger partial charge in [-0.1, -0.05) is 0 Å². The molecule has 0 saturated carbocycles. The van der Waals surface area contributed by atoms with E-state index >= 15 is 0 Å². The number of nitrogens with zero attached hydrogens (tertiary/aromatic N) is 4. The van der Waals surface area contributed by atoms with E-state index in [1.807, 2.05) is 13.8 Å². The van der Waals surface area contributed by atoms with Crippen LogP contribution in [-0.2, 0) is 0 Å². The SMILES string of the molecule is COc1ccc(C(N)=O)cc1NC(=O)c1c(-n2cnnn2)sc(C)c1C. The number of rotatable bonds is 5. The van der Waals surface area contributed by atoms with Gasteiger partial charge in [0.1, 0.15) is 17.1 Å². The average Bonchev–Trinajstić information content (AvgIpc) is 3.23. The summed E-state index contributed by atoms with van der Waals surface area (Å²) < 4.78 is 6.69. The fourth-order valence-corrected chi connectivity index (χ4v) is 3.51. The van der Waals surface area contributed by atoms with E-state index in [1.54, 1.807) is 6.07 Å². The van der Waals surface area contributed by atoms with Crippen molar-refractivity contribution in [3.8, 4) is 10.8 Å². The van der Waals surface area contributed by atoms with Crippen molar-refractivity contribution in [2.75, 3.05) is 12.4 Å². The highest BCUT2D eigenvalue weighted by molar-refractivity contribution is 7.15. The van der Waals surface area contributed by atoms with Crippen LogP contribution in [0.15, 0.2) is 24.5 Å². The molecule has 0 unspecified atom stereocenters. The topological polar surface area (TPSA) is 125 Å². The van der Waals surface area contributed by atoms with E-state index in [0.29, 0.717) is 22.0 Å². The predicted octanol–water partition coefficient (Wildman–Crippen LogP) is 1.70. The maximum absolute atomic E-state index is 13.0. The first kappa shape index (κ1) is 17.5. The number of hydrogen-bond donors (Lipinski definition) is 2. The Morgan fingerprint density at radius 3 is 2.69 bits per heavy atom. The quantitative estimate of drug-likeness (QED) is 0.702. The lowest BCUT2D eigenvalue weighted by Gasteiger charge is -2.12. The second-order valence-corrected chi connectivity index (χ2v) is 6.65. The van der Waals surface area contributed by atoms with Crippen LogP contribution in [0.3, 0.4) is 0 Å². The highest BCUT2D eigenvalue weighted by atomic mass is 32.1. The van der Waals surface area contributed by atoms with Crippen molar-refractivity contribution in [2.24, 2.45) is 5.73 Å². The van der Waals surface area contributed by atoms with Crippen LogP contribution in [-0.4, -0.2) is 39.1 Å². The third-order valence-electron chi connectivity index (χ3n) is 3.88. The number of methoxy groups -OCH3 is 1. The second kappa shape index (κ2) is 6.92. The Morgan fingerprint density at radius 2 is 2.08 bits per heavy atom. The lowest BCUT2D eigenvalue weighted by atomic mass is 10.1. The summed E-state index contributed by atoms with van der Waals surface area (Å²) in [6, 6.07) is 4.58. The lowest BCUT2D eigenvalue weighted by molar-refractivity contribution is 0.0996. The van der Waals surface area contributed by atoms with Gasteiger partial charge < -0.3 is 15.8 Å². The maximum atomic E-state index is 13.0. The van der Waals surface area contributed by atoms with E-state index in [1.165, 1.54) is 41.6 Å². The molecule has 0 spiro atoms. The van der Waals surface area contributed by atoms with Gasteiger partial charge in [-0.3, -0.25) is 9.59 Å². The molecule has 0 atom stereocenters. The number of amides is 2. The van der Waals surface area contributed by atoms with Crippen molar-refractivity contribution in [3.63, 3.8) is 0 Å². The van der Waals surface area contributed by atoms with Crippen LogP contribution < -0.4 is 15.8 Å². The number of ether oxygens (including phenoxy) is 1. The Balaban J connectivity index is 2.02. The van der Waals surface area contributed by atoms with Gasteiger partial charge in [-0.15, -0.1) is 16.4 Å². The van der Waals surface area contributed by atoms with Crippen LogP contribution in [0.25, 0.3) is 5.00 Å². The summed E-state index contributed by atoms with van der Waals surface area (Å²) in [6.45, 7) is 3.77. The van der Waals surface area contributed by atoms with E-state index in [9.17, 15) is 9.59 Å². The Kier molecular flexibility index (Phi) is 4.67. The first-order valence-electron chi connectivity index (χ1n) is 7.55. The molecule has 0 aliphatic rings. The molecule has 0 bridgehead atoms. The summed E-state index contributed by atoms with van der Waals surface area (Å²) in [5.41, 5.74) is 7.20. The van der Waals surface area contributed by atoms with E-state index in [0.717, 1.165) is 10.4 Å². The van der Waals surface area contributed by atoms with Crippen LogP contribution in [0, 0.1) is 13.8 Å². The molecule has 10 heteroatoms. The van der Waals surface area contributed by atoms with Crippen molar-refractivity contribution < 1.29 is 14.3 Å². The highest BCUT2D eigenvalue weighted by Crippen LogP contribution is 2.32. The van der Waals surface area contributed by atoms with Crippen molar-refractivity contribution in [1.29, 1.82) is 0 Å². The van der Waals surface area contributed by atoms with Gasteiger partial charge in [-0.05, 0) is 48.0 Å². The number of carbonyl (C=O) groups is 2. The number of aromatic nitrogens is 4. The summed E-state index contributed by atoms with van der Waals surface area (Å²) in [5, 5.41) is 14.5. The van der Waals surface area contributed by atoms with Gasteiger partial charge in [-0.2, -0.15) is 4.68 Å². The molecule has 2 aromatic heterocycles. The zero-order valence-corrected chi connectivity index (χ0v) is 15.1. The Bertz CT molecular complexity index is 980. The fraction of sp³-hybridized carbons (Fsp3) is 0.188. The summed E-state index contributed by atoms with van der Waals surface area (Å²) in [6.07, 6.45) is 1.43. The standard InChI is InChI=1S/C16H16N6O3S/c1-8-9(2)26-16(22-7-18-20-21-22)13(8)15(24)19-11-6-10(14(17)23)4-5-12(11)25-3/h4-7H,1-3H3,(H2,17,23)(H,19,24). The number of tetrazole rings is 1. The summed E-state index contributed by atoms with van der Waals surface area (Å²) in [5.74, 6) is -0.547. The van der Waals surface area contributed by atoms with Gasteiger partial charge in [0.15, 0.2) is 0 Å². The van der Waals surface area contributed by atoms with Gasteiger partial charge in [-0.25, -0.2) is 0 Å². The number of nitrogens with two attached hydrogens (primary N) is 1. The van der Waals surface area contributed by atoms with Crippen LogP contribution in [0.2, 0.25) is 0 Å². The average molecular weight is 372 g/mol. The molecule has 9 nitrogen and oxygen atoms in total. The molecular weight excluding hydrogens is 356 g/mol. The zero-order valence-electron chi connectivity index (χ0n) is 14.3. The smallest absolute Gasteiger partial charge is 0.259 e. The summed E-state index contributed by atoms with van der Waals surface area (Å²) in [4.78, 5) is 25.3. The number of anilines is 1. The minimum Gasteiger partial charge on any atom is -0.495 e. The molecule has 0 aliphatic carbocycles. The monoisotopic (exact) mass is 372 g/mol. The molecule has 1 aromatic carbocycles. The van der Waals surface area contributed by atoms with Crippen LogP contribution in [0.5, 0.6) is 5.75 Å². The Morgan fingerprint density at radius 1 is 1.31 bits per heavy atom. The van der Waals surface area contributed by atoms with E-state index in [2.05, 4.69) is 20.8 Å². The highest BCUT2D eigenvalue weighted by Gasteiger charge is 2.23. The van der Waals surface area contributed by atoms with E-state index in [-0.39, 0.29) is 11.5 Å². The van der Waals surface area contributed by atoms with Gasteiger partial charge >= 0.3 is 0 Å². The van der Waals surface area contributed by atoms with Crippen molar-refractivity contribution in [1.82, 2.24) is 20.2 Å². The van der Waals surface area contributed by atoms with Crippen molar-refractivity contribution in [2.45, 2.75) is 13.8 Å². The molecule has 2 heterocycles. The van der Waals surface area contributed by atoms with E-state index in [4.69, 9.17) is 10.5 Å². The molecule has 0 fully saturated rings. The van der Waals surface area contributed by atoms with Crippen LogP contribution in [0.4, 0.5) is 5.69 Å². The third kappa shape index (κ3) is 3.14. The predicted molar refractivity (Wildman–Crippen MR) is 96.0 cm³/mol. The Hall–Kier alpha value is -3.27. The minimum atomic E-state index is -0.597. The second-order valence-electron chi connectivity index (χ2n) is 5.45. The van der Waals surface area contributed by atoms with E-state index < -0.39 is 5.91 Å². The molecule has 0 radical (unpaired) electrons. The number of benzene rings is 1. The van der Waals surface area contributed by atoms with Gasteiger partial charge in [0.05, 0.1) is 18.4 Å². The number of nitrogens with one attached hydrogen (secondary N) is 1. The zero-order chi connectivity index (χ0) is 18.8. The molecular formula is C16H16N6O3S. The molecule has 3 aromatic rings. The van der Waals surface area contributed by atoms with Gasteiger partial charge in [0.2, 0.25) is 5.91 Å². The molecule has 3 rings (SSSR count). The number of primary amides is 1. The normalized spacial score (nSPS) is 10.6. The molecule has 0 aliphatic heterocycles. The summed E-state index contributed by atoms with van der Waals surface area (Å²) >= 11 is 1.41. The number of thiophene rings is 1. The Labute approximate surface area is 152 Å². The van der Waals surface area contributed by atoms with Crippen LogP contribution in [0.1, 0.15) is 31.2 Å². The van der Waals surface area contributed by atoms with Crippen LogP contribution >= 0.6 is 11.3 Å². The van der Waals surface area contributed by atoms with Crippen molar-refractivity contribution >= 4 is 28.8 Å². The lowest BCUT2D eigenvalue weighted by Crippen LogP contribution is -2.17. The molecule has 3 N–H and O–H groups in total. The van der Waals surface area contributed by atoms with Gasteiger partial charge in [0.25, 0.3) is 5.91 Å². The number of hydrogen-bond acceptors (Lipinski definition) is 7. The molecule has 134 valence electrons. The molecule has 0 saturated heterocycles. The molecule has 2 amide bonds. The van der Waals surface area contributed by atoms with Gasteiger partial charge in [0, 0.05) is 10.4 Å². The number of aryl methyl sites for hydroxylation is 1. The third-order valence-corrected chi connectivity index (χ3v) is 5.08. The first-order valence-corrected chi connectivity index (χ1v) is 8.36.